The molecule has 1 atom stereocenters. The first-order valence-corrected chi connectivity index (χ1v) is 6.50. The van der Waals surface area contributed by atoms with E-state index >= 15 is 0 Å². The van der Waals surface area contributed by atoms with Crippen LogP contribution in [0.1, 0.15) is 43.4 Å². The number of rotatable bonds is 5. The molecular weight excluding hydrogens is 298 g/mol. The van der Waals surface area contributed by atoms with Crippen LogP contribution >= 0.6 is 15.9 Å². The van der Waals surface area contributed by atoms with Crippen molar-refractivity contribution < 1.29 is 14.6 Å². The molecule has 0 bridgehead atoms. The van der Waals surface area contributed by atoms with Crippen LogP contribution in [0, 0.1) is 0 Å². The Morgan fingerprint density at radius 1 is 1.50 bits per heavy atom. The number of benzene rings is 1. The third-order valence-electron chi connectivity index (χ3n) is 2.73. The standard InChI is InChI=1S/C13H18BrNO3/c1-7(2)13-9(14)4-8(5-11(13)18-3)10(15)6-12(16)17/h4-5,7,10H,6,15H2,1-3H3,(H,16,17). The number of hydrogen-bond acceptors (Lipinski definition) is 3. The summed E-state index contributed by atoms with van der Waals surface area (Å²) in [6.07, 6.45) is -0.101. The summed E-state index contributed by atoms with van der Waals surface area (Å²) < 4.78 is 6.25. The highest BCUT2D eigenvalue weighted by Gasteiger charge is 2.17. The first kappa shape index (κ1) is 15.0. The van der Waals surface area contributed by atoms with E-state index in [0.29, 0.717) is 5.92 Å². The highest BCUT2D eigenvalue weighted by atomic mass is 79.9. The van der Waals surface area contributed by atoms with E-state index in [1.54, 1.807) is 7.11 Å². The molecule has 0 radical (unpaired) electrons. The van der Waals surface area contributed by atoms with Gasteiger partial charge in [-0.1, -0.05) is 29.8 Å². The van der Waals surface area contributed by atoms with E-state index in [2.05, 4.69) is 29.8 Å². The lowest BCUT2D eigenvalue weighted by molar-refractivity contribution is -0.137. The van der Waals surface area contributed by atoms with Crippen LogP contribution < -0.4 is 10.5 Å². The van der Waals surface area contributed by atoms with Gasteiger partial charge in [0.2, 0.25) is 0 Å². The van der Waals surface area contributed by atoms with Crippen LogP contribution in [0.5, 0.6) is 5.75 Å². The van der Waals surface area contributed by atoms with Gasteiger partial charge in [-0.05, 0) is 23.6 Å². The summed E-state index contributed by atoms with van der Waals surface area (Å²) in [5.74, 6) is 0.125. The number of carboxylic acid groups (broad SMARTS) is 1. The fourth-order valence-electron chi connectivity index (χ4n) is 1.86. The summed E-state index contributed by atoms with van der Waals surface area (Å²) >= 11 is 3.49. The molecule has 0 aromatic heterocycles. The summed E-state index contributed by atoms with van der Waals surface area (Å²) in [5.41, 5.74) is 7.67. The minimum Gasteiger partial charge on any atom is -0.496 e. The van der Waals surface area contributed by atoms with Crippen molar-refractivity contribution in [2.45, 2.75) is 32.2 Å². The Labute approximate surface area is 115 Å². The quantitative estimate of drug-likeness (QED) is 0.876. The fraction of sp³-hybridized carbons (Fsp3) is 0.462. The van der Waals surface area contributed by atoms with E-state index < -0.39 is 12.0 Å². The van der Waals surface area contributed by atoms with E-state index in [-0.39, 0.29) is 6.42 Å². The Bertz CT molecular complexity index is 446. The second kappa shape index (κ2) is 6.20. The van der Waals surface area contributed by atoms with Crippen molar-refractivity contribution in [1.29, 1.82) is 0 Å². The monoisotopic (exact) mass is 315 g/mol. The fourth-order valence-corrected chi connectivity index (χ4v) is 2.78. The van der Waals surface area contributed by atoms with Crippen molar-refractivity contribution in [3.8, 4) is 5.75 Å². The number of aliphatic carboxylic acids is 1. The lowest BCUT2D eigenvalue weighted by Crippen LogP contribution is -2.15. The van der Waals surface area contributed by atoms with Gasteiger partial charge in [0.1, 0.15) is 5.75 Å². The van der Waals surface area contributed by atoms with Crippen LogP contribution in [0.2, 0.25) is 0 Å². The Balaban J connectivity index is 3.18. The van der Waals surface area contributed by atoms with E-state index in [0.717, 1.165) is 21.3 Å². The molecule has 3 N–H and O–H groups in total. The highest BCUT2D eigenvalue weighted by Crippen LogP contribution is 2.36. The average Bonchev–Trinajstić information content (AvgIpc) is 2.26. The molecule has 5 heteroatoms. The maximum Gasteiger partial charge on any atom is 0.305 e. The molecule has 18 heavy (non-hydrogen) atoms. The average molecular weight is 316 g/mol. The third kappa shape index (κ3) is 3.46. The van der Waals surface area contributed by atoms with Crippen molar-refractivity contribution in [3.05, 3.63) is 27.7 Å². The van der Waals surface area contributed by atoms with Gasteiger partial charge in [-0.2, -0.15) is 0 Å². The molecule has 1 aromatic carbocycles. The number of carboxylic acids is 1. The zero-order valence-corrected chi connectivity index (χ0v) is 12.3. The maximum absolute atomic E-state index is 10.7. The molecule has 0 spiro atoms. The number of halogens is 1. The Hall–Kier alpha value is -1.07. The predicted molar refractivity (Wildman–Crippen MR) is 74.0 cm³/mol. The van der Waals surface area contributed by atoms with Gasteiger partial charge in [-0.3, -0.25) is 4.79 Å². The predicted octanol–water partition coefficient (Wildman–Crippen LogP) is 3.06. The van der Waals surface area contributed by atoms with Crippen LogP contribution in [0.15, 0.2) is 16.6 Å². The normalized spacial score (nSPS) is 12.6. The van der Waals surface area contributed by atoms with Crippen LogP contribution in [-0.4, -0.2) is 18.2 Å². The summed E-state index contributed by atoms with van der Waals surface area (Å²) in [7, 11) is 1.60. The van der Waals surface area contributed by atoms with Gasteiger partial charge in [-0.15, -0.1) is 0 Å². The van der Waals surface area contributed by atoms with Crippen LogP contribution in [0.3, 0.4) is 0 Å². The van der Waals surface area contributed by atoms with Crippen molar-refractivity contribution >= 4 is 21.9 Å². The molecular formula is C13H18BrNO3. The van der Waals surface area contributed by atoms with E-state index in [1.165, 1.54) is 0 Å². The summed E-state index contributed by atoms with van der Waals surface area (Å²) in [6.45, 7) is 4.14. The lowest BCUT2D eigenvalue weighted by atomic mass is 9.97. The van der Waals surface area contributed by atoms with Gasteiger partial charge in [0.25, 0.3) is 0 Å². The molecule has 4 nitrogen and oxygen atoms in total. The van der Waals surface area contributed by atoms with Crippen LogP contribution in [-0.2, 0) is 4.79 Å². The van der Waals surface area contributed by atoms with Crippen LogP contribution in [0.4, 0.5) is 0 Å². The molecule has 100 valence electrons. The number of ether oxygens (including phenoxy) is 1. The van der Waals surface area contributed by atoms with Gasteiger partial charge in [0.15, 0.2) is 0 Å². The van der Waals surface area contributed by atoms with E-state index in [4.69, 9.17) is 15.6 Å². The molecule has 0 aliphatic heterocycles. The van der Waals surface area contributed by atoms with Crippen molar-refractivity contribution in [3.63, 3.8) is 0 Å². The molecule has 0 aliphatic carbocycles. The number of nitrogens with two attached hydrogens (primary N) is 1. The van der Waals surface area contributed by atoms with Crippen molar-refractivity contribution in [2.24, 2.45) is 5.73 Å². The third-order valence-corrected chi connectivity index (χ3v) is 3.39. The van der Waals surface area contributed by atoms with Gasteiger partial charge < -0.3 is 15.6 Å². The minimum atomic E-state index is -0.912. The van der Waals surface area contributed by atoms with Crippen molar-refractivity contribution in [2.75, 3.05) is 7.11 Å². The van der Waals surface area contributed by atoms with Gasteiger partial charge in [0.05, 0.1) is 13.5 Å². The Morgan fingerprint density at radius 3 is 2.56 bits per heavy atom. The molecule has 0 saturated carbocycles. The van der Waals surface area contributed by atoms with Gasteiger partial charge >= 0.3 is 5.97 Å². The molecule has 1 aromatic rings. The zero-order valence-electron chi connectivity index (χ0n) is 10.7. The zero-order chi connectivity index (χ0) is 13.9. The Morgan fingerprint density at radius 2 is 2.11 bits per heavy atom. The Kier molecular flexibility index (Phi) is 5.16. The number of methoxy groups -OCH3 is 1. The molecule has 1 unspecified atom stereocenters. The van der Waals surface area contributed by atoms with Gasteiger partial charge in [0, 0.05) is 16.1 Å². The highest BCUT2D eigenvalue weighted by molar-refractivity contribution is 9.10. The topological polar surface area (TPSA) is 72.5 Å². The molecule has 1 rings (SSSR count). The summed E-state index contributed by atoms with van der Waals surface area (Å²) in [5, 5.41) is 8.76. The smallest absolute Gasteiger partial charge is 0.305 e. The first-order valence-electron chi connectivity index (χ1n) is 5.71. The van der Waals surface area contributed by atoms with Crippen LogP contribution in [0.25, 0.3) is 0 Å². The van der Waals surface area contributed by atoms with E-state index in [1.807, 2.05) is 12.1 Å². The second-order valence-corrected chi connectivity index (χ2v) is 5.33. The minimum absolute atomic E-state index is 0.101. The molecule has 0 amide bonds. The number of hydrogen-bond donors (Lipinski definition) is 2. The van der Waals surface area contributed by atoms with Crippen molar-refractivity contribution in [1.82, 2.24) is 0 Å². The molecule has 0 aliphatic rings. The molecule has 0 fully saturated rings. The maximum atomic E-state index is 10.7. The van der Waals surface area contributed by atoms with Gasteiger partial charge in [-0.25, -0.2) is 0 Å². The van der Waals surface area contributed by atoms with E-state index in [9.17, 15) is 4.79 Å². The summed E-state index contributed by atoms with van der Waals surface area (Å²) in [6, 6.07) is 3.15. The summed E-state index contributed by atoms with van der Waals surface area (Å²) in [4.78, 5) is 10.7. The SMILES string of the molecule is COc1cc(C(N)CC(=O)O)cc(Br)c1C(C)C. The molecule has 0 saturated heterocycles. The largest absolute Gasteiger partial charge is 0.496 e. The second-order valence-electron chi connectivity index (χ2n) is 4.48. The molecule has 0 heterocycles. The first-order chi connectivity index (χ1) is 8.36. The number of carbonyl (C=O) groups is 1. The lowest BCUT2D eigenvalue weighted by Gasteiger charge is -2.18.